The lowest BCUT2D eigenvalue weighted by molar-refractivity contribution is 0.102. The molecule has 2 aromatic carbocycles. The number of methoxy groups -OCH3 is 1. The molecule has 2 aromatic heterocycles. The Morgan fingerprint density at radius 2 is 2.04 bits per heavy atom. The molecule has 5 heteroatoms. The van der Waals surface area contributed by atoms with Crippen LogP contribution < -0.4 is 5.32 Å². The van der Waals surface area contributed by atoms with E-state index in [0.29, 0.717) is 12.2 Å². The van der Waals surface area contributed by atoms with Crippen molar-refractivity contribution in [2.75, 3.05) is 19.0 Å². The predicted octanol–water partition coefficient (Wildman–Crippen LogP) is 4.02. The van der Waals surface area contributed by atoms with E-state index in [0.717, 1.165) is 34.0 Å². The van der Waals surface area contributed by atoms with E-state index in [9.17, 15) is 4.79 Å². The molecule has 0 bridgehead atoms. The van der Waals surface area contributed by atoms with Gasteiger partial charge in [-0.05, 0) is 47.9 Å². The maximum Gasteiger partial charge on any atom is 0.255 e. The van der Waals surface area contributed by atoms with Crippen molar-refractivity contribution in [3.8, 4) is 0 Å². The highest BCUT2D eigenvalue weighted by molar-refractivity contribution is 6.06. The molecule has 0 saturated carbocycles. The summed E-state index contributed by atoms with van der Waals surface area (Å²) in [5.41, 5.74) is 3.51. The average Bonchev–Trinajstić information content (AvgIpc) is 3.25. The zero-order chi connectivity index (χ0) is 17.2. The van der Waals surface area contributed by atoms with Gasteiger partial charge in [-0.2, -0.15) is 0 Å². The lowest BCUT2D eigenvalue weighted by Crippen LogP contribution is -2.12. The lowest BCUT2D eigenvalue weighted by Gasteiger charge is -2.08. The molecule has 126 valence electrons. The van der Waals surface area contributed by atoms with Crippen molar-refractivity contribution in [1.29, 1.82) is 0 Å². The van der Waals surface area contributed by atoms with Crippen LogP contribution in [-0.4, -0.2) is 29.2 Å². The van der Waals surface area contributed by atoms with Crippen LogP contribution in [0.15, 0.2) is 60.9 Å². The molecule has 0 spiro atoms. The lowest BCUT2D eigenvalue weighted by atomic mass is 10.1. The third-order valence-corrected chi connectivity index (χ3v) is 4.38. The minimum Gasteiger partial charge on any atom is -0.383 e. The maximum atomic E-state index is 12.6. The van der Waals surface area contributed by atoms with Crippen LogP contribution in [-0.2, 0) is 11.3 Å². The molecule has 0 atom stereocenters. The van der Waals surface area contributed by atoms with Gasteiger partial charge in [-0.3, -0.25) is 4.79 Å². The van der Waals surface area contributed by atoms with Gasteiger partial charge in [0, 0.05) is 53.7 Å². The summed E-state index contributed by atoms with van der Waals surface area (Å²) in [5, 5.41) is 5.16. The normalized spacial score (nSPS) is 11.2. The molecule has 1 amide bonds. The van der Waals surface area contributed by atoms with Crippen molar-refractivity contribution in [2.45, 2.75) is 6.54 Å². The molecular weight excluding hydrogens is 314 g/mol. The van der Waals surface area contributed by atoms with E-state index >= 15 is 0 Å². The van der Waals surface area contributed by atoms with Gasteiger partial charge in [-0.1, -0.05) is 6.07 Å². The number of aromatic nitrogens is 2. The van der Waals surface area contributed by atoms with Crippen LogP contribution in [0, 0.1) is 0 Å². The molecule has 5 nitrogen and oxygen atoms in total. The fourth-order valence-corrected chi connectivity index (χ4v) is 3.04. The van der Waals surface area contributed by atoms with Gasteiger partial charge in [0.05, 0.1) is 6.61 Å². The summed E-state index contributed by atoms with van der Waals surface area (Å²) in [4.78, 5) is 15.8. The molecule has 0 aliphatic heterocycles. The number of rotatable bonds is 5. The van der Waals surface area contributed by atoms with Gasteiger partial charge >= 0.3 is 0 Å². The van der Waals surface area contributed by atoms with Gasteiger partial charge in [-0.25, -0.2) is 0 Å². The second-order valence-corrected chi connectivity index (χ2v) is 6.01. The van der Waals surface area contributed by atoms with Crippen molar-refractivity contribution in [2.24, 2.45) is 0 Å². The van der Waals surface area contributed by atoms with Crippen LogP contribution in [0.1, 0.15) is 10.4 Å². The minimum absolute atomic E-state index is 0.115. The van der Waals surface area contributed by atoms with E-state index in [2.05, 4.69) is 14.9 Å². The van der Waals surface area contributed by atoms with Crippen LogP contribution in [0.5, 0.6) is 0 Å². The molecule has 2 heterocycles. The van der Waals surface area contributed by atoms with E-state index in [1.54, 1.807) is 7.11 Å². The Bertz CT molecular complexity index is 1050. The highest BCUT2D eigenvalue weighted by Gasteiger charge is 2.10. The second-order valence-electron chi connectivity index (χ2n) is 6.01. The fourth-order valence-electron chi connectivity index (χ4n) is 3.04. The first-order valence-corrected chi connectivity index (χ1v) is 8.21. The molecule has 0 unspecified atom stereocenters. The summed E-state index contributed by atoms with van der Waals surface area (Å²) in [6.45, 7) is 1.39. The summed E-state index contributed by atoms with van der Waals surface area (Å²) in [7, 11) is 1.69. The Morgan fingerprint density at radius 1 is 1.12 bits per heavy atom. The van der Waals surface area contributed by atoms with Crippen LogP contribution in [0.2, 0.25) is 0 Å². The summed E-state index contributed by atoms with van der Waals surface area (Å²) in [6, 6.07) is 15.6. The number of benzene rings is 2. The van der Waals surface area contributed by atoms with E-state index in [-0.39, 0.29) is 5.91 Å². The highest BCUT2D eigenvalue weighted by atomic mass is 16.5. The van der Waals surface area contributed by atoms with Crippen molar-refractivity contribution in [1.82, 2.24) is 9.55 Å². The molecule has 25 heavy (non-hydrogen) atoms. The molecule has 0 aliphatic carbocycles. The van der Waals surface area contributed by atoms with Crippen molar-refractivity contribution in [3.05, 3.63) is 66.5 Å². The second kappa shape index (κ2) is 6.45. The summed E-state index contributed by atoms with van der Waals surface area (Å²) < 4.78 is 7.25. The van der Waals surface area contributed by atoms with Gasteiger partial charge in [-0.15, -0.1) is 0 Å². The number of aromatic amines is 1. The highest BCUT2D eigenvalue weighted by Crippen LogP contribution is 2.21. The van der Waals surface area contributed by atoms with E-state index in [4.69, 9.17) is 4.74 Å². The largest absolute Gasteiger partial charge is 0.383 e. The van der Waals surface area contributed by atoms with E-state index in [1.165, 1.54) is 0 Å². The average molecular weight is 333 g/mol. The van der Waals surface area contributed by atoms with Crippen LogP contribution in [0.3, 0.4) is 0 Å². The summed E-state index contributed by atoms with van der Waals surface area (Å²) in [6.07, 6.45) is 3.91. The summed E-state index contributed by atoms with van der Waals surface area (Å²) in [5.74, 6) is -0.115. The third-order valence-electron chi connectivity index (χ3n) is 4.38. The van der Waals surface area contributed by atoms with E-state index < -0.39 is 0 Å². The van der Waals surface area contributed by atoms with Gasteiger partial charge in [0.1, 0.15) is 0 Å². The number of hydrogen-bond donors (Lipinski definition) is 2. The molecule has 0 fully saturated rings. The molecule has 4 aromatic rings. The Labute approximate surface area is 145 Å². The Kier molecular flexibility index (Phi) is 3.99. The number of hydrogen-bond acceptors (Lipinski definition) is 2. The smallest absolute Gasteiger partial charge is 0.255 e. The third kappa shape index (κ3) is 3.02. The monoisotopic (exact) mass is 333 g/mol. The van der Waals surface area contributed by atoms with E-state index in [1.807, 2.05) is 60.9 Å². The SMILES string of the molecule is COCCn1ccc2ccc(C(=O)Nc3ccc4[nH]ccc4c3)cc21. The molecule has 0 radical (unpaired) electrons. The van der Waals surface area contributed by atoms with Crippen molar-refractivity contribution < 1.29 is 9.53 Å². The summed E-state index contributed by atoms with van der Waals surface area (Å²) >= 11 is 0. The molecule has 4 rings (SSSR count). The van der Waals surface area contributed by atoms with Gasteiger partial charge in [0.2, 0.25) is 0 Å². The zero-order valence-electron chi connectivity index (χ0n) is 14.0. The zero-order valence-corrected chi connectivity index (χ0v) is 14.0. The van der Waals surface area contributed by atoms with Crippen molar-refractivity contribution >= 4 is 33.4 Å². The minimum atomic E-state index is -0.115. The number of anilines is 1. The number of carbonyl (C=O) groups is 1. The van der Waals surface area contributed by atoms with Gasteiger partial charge in [0.15, 0.2) is 0 Å². The topological polar surface area (TPSA) is 59.0 Å². The van der Waals surface area contributed by atoms with Gasteiger partial charge < -0.3 is 19.6 Å². The molecular formula is C20H19N3O2. The standard InChI is InChI=1S/C20H19N3O2/c1-25-11-10-23-9-7-14-2-3-16(13-19(14)23)20(24)22-17-4-5-18-15(12-17)6-8-21-18/h2-9,12-13,21H,10-11H2,1H3,(H,22,24). The number of nitrogens with zero attached hydrogens (tertiary/aromatic N) is 1. The first-order chi connectivity index (χ1) is 12.2. The Hall–Kier alpha value is -3.05. The quantitative estimate of drug-likeness (QED) is 0.579. The van der Waals surface area contributed by atoms with Gasteiger partial charge in [0.25, 0.3) is 5.91 Å². The Balaban J connectivity index is 1.60. The number of nitrogens with one attached hydrogen (secondary N) is 2. The Morgan fingerprint density at radius 3 is 2.92 bits per heavy atom. The molecule has 2 N–H and O–H groups in total. The number of carbonyl (C=O) groups excluding carboxylic acids is 1. The van der Waals surface area contributed by atoms with Crippen LogP contribution >= 0.6 is 0 Å². The predicted molar refractivity (Wildman–Crippen MR) is 100 cm³/mol. The molecule has 0 saturated heterocycles. The number of amides is 1. The van der Waals surface area contributed by atoms with Crippen LogP contribution in [0.25, 0.3) is 21.8 Å². The molecule has 0 aliphatic rings. The number of fused-ring (bicyclic) bond motifs is 2. The van der Waals surface area contributed by atoms with Crippen molar-refractivity contribution in [3.63, 3.8) is 0 Å². The first kappa shape index (κ1) is 15.5. The number of H-pyrrole nitrogens is 1. The fraction of sp³-hybridized carbons (Fsp3) is 0.150. The first-order valence-electron chi connectivity index (χ1n) is 8.21. The number of ether oxygens (including phenoxy) is 1. The maximum absolute atomic E-state index is 12.6. The van der Waals surface area contributed by atoms with Crippen LogP contribution in [0.4, 0.5) is 5.69 Å².